The van der Waals surface area contributed by atoms with Crippen LogP contribution >= 0.6 is 11.3 Å². The molecule has 2 heterocycles. The first-order valence-corrected chi connectivity index (χ1v) is 4.72. The second-order valence-corrected chi connectivity index (χ2v) is 4.00. The minimum atomic E-state index is 0.740. The highest BCUT2D eigenvalue weighted by atomic mass is 32.1. The summed E-state index contributed by atoms with van der Waals surface area (Å²) in [6.07, 6.45) is 2.50. The number of rotatable bonds is 2. The summed E-state index contributed by atoms with van der Waals surface area (Å²) in [6.45, 7) is 1.98. The van der Waals surface area contributed by atoms with Crippen molar-refractivity contribution in [2.45, 2.75) is 6.92 Å². The Hall–Kier alpha value is -1.35. The summed E-state index contributed by atoms with van der Waals surface area (Å²) in [4.78, 5) is 12.4. The lowest BCUT2D eigenvalue weighted by molar-refractivity contribution is 0.112. The van der Waals surface area contributed by atoms with Crippen molar-refractivity contribution in [3.63, 3.8) is 0 Å². The number of hydrogen-bond acceptors (Lipinski definition) is 3. The molecule has 0 fully saturated rings. The number of aldehydes is 1. The van der Waals surface area contributed by atoms with Crippen LogP contribution in [-0.4, -0.2) is 6.29 Å². The van der Waals surface area contributed by atoms with Crippen LogP contribution in [-0.2, 0) is 0 Å². The Kier molecular flexibility index (Phi) is 2.02. The molecule has 0 amide bonds. The maximum atomic E-state index is 10.5. The van der Waals surface area contributed by atoms with E-state index < -0.39 is 0 Å². The van der Waals surface area contributed by atoms with Gasteiger partial charge >= 0.3 is 0 Å². The number of furan rings is 1. The Labute approximate surface area is 79.8 Å². The fraction of sp³-hybridized carbons (Fsp3) is 0.100. The quantitative estimate of drug-likeness (QED) is 0.684. The first-order chi connectivity index (χ1) is 6.31. The van der Waals surface area contributed by atoms with E-state index in [4.69, 9.17) is 4.42 Å². The van der Waals surface area contributed by atoms with Gasteiger partial charge in [0.15, 0.2) is 6.29 Å². The van der Waals surface area contributed by atoms with E-state index in [-0.39, 0.29) is 0 Å². The molecule has 2 nitrogen and oxygen atoms in total. The van der Waals surface area contributed by atoms with E-state index in [1.54, 1.807) is 6.26 Å². The van der Waals surface area contributed by atoms with E-state index in [1.807, 2.05) is 25.1 Å². The zero-order valence-electron chi connectivity index (χ0n) is 7.11. The van der Waals surface area contributed by atoms with Crippen LogP contribution in [0.25, 0.3) is 11.3 Å². The van der Waals surface area contributed by atoms with Gasteiger partial charge in [0.2, 0.25) is 0 Å². The summed E-state index contributed by atoms with van der Waals surface area (Å²) in [5.74, 6) is 0.821. The lowest BCUT2D eigenvalue weighted by atomic mass is 10.2. The second kappa shape index (κ2) is 3.18. The van der Waals surface area contributed by atoms with E-state index in [9.17, 15) is 4.79 Å². The monoisotopic (exact) mass is 192 g/mol. The molecule has 0 N–H and O–H groups in total. The van der Waals surface area contributed by atoms with Gasteiger partial charge in [-0.25, -0.2) is 0 Å². The summed E-state index contributed by atoms with van der Waals surface area (Å²) >= 11 is 1.48. The minimum absolute atomic E-state index is 0.740. The number of carbonyl (C=O) groups is 1. The predicted molar refractivity (Wildman–Crippen MR) is 52.1 cm³/mol. The normalized spacial score (nSPS) is 10.2. The molecule has 0 aromatic carbocycles. The highest BCUT2D eigenvalue weighted by Crippen LogP contribution is 2.30. The van der Waals surface area contributed by atoms with Gasteiger partial charge < -0.3 is 4.42 Å². The van der Waals surface area contributed by atoms with Crippen molar-refractivity contribution >= 4 is 17.6 Å². The van der Waals surface area contributed by atoms with Crippen molar-refractivity contribution in [2.24, 2.45) is 0 Å². The van der Waals surface area contributed by atoms with Crippen molar-refractivity contribution in [3.8, 4) is 11.3 Å². The molecule has 2 rings (SSSR count). The second-order valence-electron chi connectivity index (χ2n) is 2.71. The third kappa shape index (κ3) is 1.42. The highest BCUT2D eigenvalue weighted by Gasteiger charge is 2.08. The van der Waals surface area contributed by atoms with Crippen LogP contribution in [0, 0.1) is 6.92 Å². The van der Waals surface area contributed by atoms with E-state index in [0.29, 0.717) is 0 Å². The number of hydrogen-bond donors (Lipinski definition) is 0. The van der Waals surface area contributed by atoms with Gasteiger partial charge in [0.25, 0.3) is 0 Å². The molecule has 0 spiro atoms. The Morgan fingerprint density at radius 1 is 1.54 bits per heavy atom. The van der Waals surface area contributed by atoms with Gasteiger partial charge in [0, 0.05) is 10.4 Å². The smallest absolute Gasteiger partial charge is 0.160 e. The van der Waals surface area contributed by atoms with Gasteiger partial charge in [0.1, 0.15) is 5.76 Å². The third-order valence-corrected chi connectivity index (χ3v) is 2.82. The van der Waals surface area contributed by atoms with Gasteiger partial charge in [-0.1, -0.05) is 0 Å². The Morgan fingerprint density at radius 3 is 2.92 bits per heavy atom. The molecule has 0 aliphatic heterocycles. The van der Waals surface area contributed by atoms with E-state index in [1.165, 1.54) is 11.3 Å². The third-order valence-electron chi connectivity index (χ3n) is 1.84. The van der Waals surface area contributed by atoms with Crippen LogP contribution in [0.4, 0.5) is 0 Å². The summed E-state index contributed by atoms with van der Waals surface area (Å²) in [5.41, 5.74) is 1.01. The Morgan fingerprint density at radius 2 is 2.38 bits per heavy atom. The van der Waals surface area contributed by atoms with Crippen molar-refractivity contribution in [2.75, 3.05) is 0 Å². The zero-order valence-corrected chi connectivity index (χ0v) is 7.93. The Bertz CT molecular complexity index is 412. The van der Waals surface area contributed by atoms with Gasteiger partial charge in [-0.2, -0.15) is 0 Å². The lowest BCUT2D eigenvalue weighted by Crippen LogP contribution is -1.70. The van der Waals surface area contributed by atoms with Gasteiger partial charge in [-0.3, -0.25) is 4.79 Å². The van der Waals surface area contributed by atoms with Gasteiger partial charge in [0.05, 0.1) is 11.1 Å². The van der Waals surface area contributed by atoms with Crippen LogP contribution < -0.4 is 0 Å². The molecule has 0 bridgehead atoms. The summed E-state index contributed by atoms with van der Waals surface area (Å²) < 4.78 is 5.25. The molecule has 66 valence electrons. The van der Waals surface area contributed by atoms with Crippen molar-refractivity contribution in [1.82, 2.24) is 0 Å². The lowest BCUT2D eigenvalue weighted by Gasteiger charge is -1.91. The molecule has 0 aliphatic carbocycles. The van der Waals surface area contributed by atoms with Crippen molar-refractivity contribution < 1.29 is 9.21 Å². The van der Waals surface area contributed by atoms with Gasteiger partial charge in [-0.05, 0) is 25.1 Å². The van der Waals surface area contributed by atoms with Crippen LogP contribution in [0.3, 0.4) is 0 Å². The van der Waals surface area contributed by atoms with Crippen LogP contribution in [0.1, 0.15) is 14.5 Å². The number of carbonyl (C=O) groups excluding carboxylic acids is 1. The van der Waals surface area contributed by atoms with Gasteiger partial charge in [-0.15, -0.1) is 11.3 Å². The molecule has 13 heavy (non-hydrogen) atoms. The van der Waals surface area contributed by atoms with Crippen molar-refractivity contribution in [3.05, 3.63) is 34.2 Å². The van der Waals surface area contributed by atoms with E-state index in [2.05, 4.69) is 0 Å². The standard InChI is InChI=1S/C10H8O2S/c1-7-9(5-8(6-11)13-7)10-3-2-4-12-10/h2-6H,1H3. The molecule has 2 aromatic rings. The summed E-state index contributed by atoms with van der Waals surface area (Å²) in [5, 5.41) is 0. The maximum absolute atomic E-state index is 10.5. The summed E-state index contributed by atoms with van der Waals surface area (Å²) in [6, 6.07) is 5.59. The first-order valence-electron chi connectivity index (χ1n) is 3.91. The number of thiophene rings is 1. The molecule has 0 radical (unpaired) electrons. The predicted octanol–water partition coefficient (Wildman–Crippen LogP) is 3.13. The van der Waals surface area contributed by atoms with E-state index in [0.717, 1.165) is 27.4 Å². The zero-order chi connectivity index (χ0) is 9.26. The topological polar surface area (TPSA) is 30.2 Å². The molecule has 0 aliphatic rings. The SMILES string of the molecule is Cc1sc(C=O)cc1-c1ccco1. The maximum Gasteiger partial charge on any atom is 0.160 e. The molecule has 0 unspecified atom stereocenters. The molecule has 3 heteroatoms. The fourth-order valence-electron chi connectivity index (χ4n) is 1.24. The van der Waals surface area contributed by atoms with E-state index >= 15 is 0 Å². The molecule has 0 saturated heterocycles. The summed E-state index contributed by atoms with van der Waals surface area (Å²) in [7, 11) is 0. The molecule has 2 aromatic heterocycles. The molecule has 0 atom stereocenters. The Balaban J connectivity index is 2.52. The highest BCUT2D eigenvalue weighted by molar-refractivity contribution is 7.14. The number of aryl methyl sites for hydroxylation is 1. The molecule has 0 saturated carbocycles. The average molecular weight is 192 g/mol. The van der Waals surface area contributed by atoms with Crippen LogP contribution in [0.5, 0.6) is 0 Å². The first kappa shape index (κ1) is 8.26. The van der Waals surface area contributed by atoms with Crippen LogP contribution in [0.15, 0.2) is 28.9 Å². The largest absolute Gasteiger partial charge is 0.464 e. The fourth-order valence-corrected chi connectivity index (χ4v) is 2.09. The molecular formula is C10H8O2S. The van der Waals surface area contributed by atoms with Crippen LogP contribution in [0.2, 0.25) is 0 Å². The minimum Gasteiger partial charge on any atom is -0.464 e. The molecular weight excluding hydrogens is 184 g/mol. The van der Waals surface area contributed by atoms with Crippen molar-refractivity contribution in [1.29, 1.82) is 0 Å². The average Bonchev–Trinajstić information content (AvgIpc) is 2.72.